The van der Waals surface area contributed by atoms with E-state index in [0.717, 1.165) is 0 Å². The predicted octanol–water partition coefficient (Wildman–Crippen LogP) is 0.855. The van der Waals surface area contributed by atoms with Gasteiger partial charge < -0.3 is 14.6 Å². The number of rotatable bonds is 4. The summed E-state index contributed by atoms with van der Waals surface area (Å²) < 4.78 is 9.70. The molecule has 2 atom stereocenters. The molecule has 0 radical (unpaired) electrons. The lowest BCUT2D eigenvalue weighted by atomic mass is 10.1. The highest BCUT2D eigenvalue weighted by molar-refractivity contribution is 6.30. The number of cyclic esters (lactones) is 1. The van der Waals surface area contributed by atoms with Crippen LogP contribution in [0.25, 0.3) is 0 Å². The third-order valence-electron chi connectivity index (χ3n) is 2.52. The SMILES string of the molecule is COc1ccc(Cl)cc1C(O)N[C@H]1COC1=O. The van der Waals surface area contributed by atoms with Gasteiger partial charge in [0.05, 0.1) is 7.11 Å². The standard InChI is InChI=1S/C11H12ClNO4/c1-16-9-3-2-6(12)4-7(9)10(14)13-8-5-17-11(8)15/h2-4,8,10,13-14H,5H2,1H3/t8-,10?/m0/s1. The first-order chi connectivity index (χ1) is 8.11. The van der Waals surface area contributed by atoms with Crippen LogP contribution in [-0.4, -0.2) is 30.8 Å². The van der Waals surface area contributed by atoms with Crippen molar-refractivity contribution in [3.05, 3.63) is 28.8 Å². The van der Waals surface area contributed by atoms with Crippen molar-refractivity contribution in [1.29, 1.82) is 0 Å². The Morgan fingerprint density at radius 3 is 2.94 bits per heavy atom. The van der Waals surface area contributed by atoms with Gasteiger partial charge in [-0.25, -0.2) is 0 Å². The third kappa shape index (κ3) is 2.52. The smallest absolute Gasteiger partial charge is 0.326 e. The van der Waals surface area contributed by atoms with Crippen LogP contribution in [0.5, 0.6) is 5.75 Å². The molecule has 1 aromatic carbocycles. The van der Waals surface area contributed by atoms with E-state index in [1.54, 1.807) is 18.2 Å². The molecule has 0 aliphatic carbocycles. The number of ether oxygens (including phenoxy) is 2. The van der Waals surface area contributed by atoms with Gasteiger partial charge in [-0.3, -0.25) is 10.1 Å². The number of hydrogen-bond acceptors (Lipinski definition) is 5. The molecule has 2 rings (SSSR count). The number of halogens is 1. The van der Waals surface area contributed by atoms with Crippen LogP contribution in [0.3, 0.4) is 0 Å². The summed E-state index contributed by atoms with van der Waals surface area (Å²) in [6.45, 7) is 0.263. The van der Waals surface area contributed by atoms with Crippen LogP contribution in [0.15, 0.2) is 18.2 Å². The first-order valence-corrected chi connectivity index (χ1v) is 5.44. The van der Waals surface area contributed by atoms with Crippen molar-refractivity contribution in [2.24, 2.45) is 0 Å². The van der Waals surface area contributed by atoms with E-state index in [1.165, 1.54) is 7.11 Å². The molecule has 1 aliphatic heterocycles. The first-order valence-electron chi connectivity index (χ1n) is 5.06. The molecule has 0 saturated carbocycles. The number of carbonyl (C=O) groups is 1. The van der Waals surface area contributed by atoms with Crippen molar-refractivity contribution in [3.63, 3.8) is 0 Å². The van der Waals surface area contributed by atoms with Crippen LogP contribution >= 0.6 is 11.6 Å². The molecule has 92 valence electrons. The fourth-order valence-electron chi connectivity index (χ4n) is 1.55. The minimum absolute atomic E-state index is 0.263. The summed E-state index contributed by atoms with van der Waals surface area (Å²) in [6.07, 6.45) is -1.03. The molecule has 0 bridgehead atoms. The van der Waals surface area contributed by atoms with E-state index in [0.29, 0.717) is 16.3 Å². The molecule has 6 heteroatoms. The van der Waals surface area contributed by atoms with Crippen molar-refractivity contribution in [2.45, 2.75) is 12.3 Å². The fraction of sp³-hybridized carbons (Fsp3) is 0.364. The van der Waals surface area contributed by atoms with Gasteiger partial charge in [0.15, 0.2) is 0 Å². The summed E-state index contributed by atoms with van der Waals surface area (Å²) >= 11 is 5.84. The highest BCUT2D eigenvalue weighted by Crippen LogP contribution is 2.27. The maximum absolute atomic E-state index is 11.0. The summed E-state index contributed by atoms with van der Waals surface area (Å²) in [7, 11) is 1.50. The number of nitrogens with one attached hydrogen (secondary N) is 1. The normalized spacial score (nSPS) is 20.4. The summed E-state index contributed by atoms with van der Waals surface area (Å²) in [5.74, 6) is 0.132. The number of aliphatic hydroxyl groups excluding tert-OH is 1. The van der Waals surface area contributed by atoms with Crippen LogP contribution in [-0.2, 0) is 9.53 Å². The van der Waals surface area contributed by atoms with E-state index in [1.807, 2.05) is 0 Å². The summed E-state index contributed by atoms with van der Waals surface area (Å²) in [5, 5.41) is 13.2. The molecule has 1 aromatic rings. The van der Waals surface area contributed by atoms with E-state index in [2.05, 4.69) is 10.1 Å². The third-order valence-corrected chi connectivity index (χ3v) is 2.76. The van der Waals surface area contributed by atoms with E-state index in [9.17, 15) is 9.90 Å². The van der Waals surface area contributed by atoms with Crippen LogP contribution < -0.4 is 10.1 Å². The van der Waals surface area contributed by atoms with E-state index in [4.69, 9.17) is 16.3 Å². The monoisotopic (exact) mass is 257 g/mol. The largest absolute Gasteiger partial charge is 0.496 e. The van der Waals surface area contributed by atoms with Crippen LogP contribution in [0.4, 0.5) is 0 Å². The molecule has 1 heterocycles. The Morgan fingerprint density at radius 1 is 1.65 bits per heavy atom. The summed E-state index contributed by atoms with van der Waals surface area (Å²) in [6, 6.07) is 4.42. The maximum Gasteiger partial charge on any atom is 0.326 e. The lowest BCUT2D eigenvalue weighted by molar-refractivity contribution is -0.165. The van der Waals surface area contributed by atoms with Gasteiger partial charge in [-0.15, -0.1) is 0 Å². The van der Waals surface area contributed by atoms with Gasteiger partial charge in [0.2, 0.25) is 0 Å². The van der Waals surface area contributed by atoms with Crippen molar-refractivity contribution < 1.29 is 19.4 Å². The highest BCUT2D eigenvalue weighted by atomic mass is 35.5. The number of aliphatic hydroxyl groups is 1. The molecular weight excluding hydrogens is 246 g/mol. The molecule has 1 fully saturated rings. The van der Waals surface area contributed by atoms with Crippen molar-refractivity contribution in [3.8, 4) is 5.75 Å². The first kappa shape index (κ1) is 12.2. The number of hydrogen-bond donors (Lipinski definition) is 2. The summed E-state index contributed by atoms with van der Waals surface area (Å²) in [5.41, 5.74) is 0.486. The van der Waals surface area contributed by atoms with Crippen LogP contribution in [0.2, 0.25) is 5.02 Å². The number of benzene rings is 1. The lowest BCUT2D eigenvalue weighted by Gasteiger charge is -2.28. The lowest BCUT2D eigenvalue weighted by Crippen LogP contribution is -2.51. The van der Waals surface area contributed by atoms with Crippen molar-refractivity contribution in [1.82, 2.24) is 5.32 Å². The molecule has 2 N–H and O–H groups in total. The van der Waals surface area contributed by atoms with E-state index < -0.39 is 12.3 Å². The van der Waals surface area contributed by atoms with Crippen LogP contribution in [0, 0.1) is 0 Å². The minimum Gasteiger partial charge on any atom is -0.496 e. The molecule has 5 nitrogen and oxygen atoms in total. The van der Waals surface area contributed by atoms with Gasteiger partial charge >= 0.3 is 5.97 Å². The Labute approximate surface area is 103 Å². The number of esters is 1. The zero-order valence-electron chi connectivity index (χ0n) is 9.14. The number of carbonyl (C=O) groups excluding carboxylic acids is 1. The second-order valence-electron chi connectivity index (χ2n) is 3.64. The molecule has 0 spiro atoms. The van der Waals surface area contributed by atoms with Gasteiger partial charge in [-0.2, -0.15) is 0 Å². The zero-order valence-corrected chi connectivity index (χ0v) is 9.90. The highest BCUT2D eigenvalue weighted by Gasteiger charge is 2.33. The molecular formula is C11H12ClNO4. The molecule has 0 amide bonds. The zero-order chi connectivity index (χ0) is 12.4. The summed E-state index contributed by atoms with van der Waals surface area (Å²) in [4.78, 5) is 11.0. The quantitative estimate of drug-likeness (QED) is 0.618. The topological polar surface area (TPSA) is 67.8 Å². The Balaban J connectivity index is 2.14. The number of methoxy groups -OCH3 is 1. The van der Waals surface area contributed by atoms with Gasteiger partial charge in [0.25, 0.3) is 0 Å². The molecule has 1 unspecified atom stereocenters. The van der Waals surface area contributed by atoms with Gasteiger partial charge in [0, 0.05) is 10.6 Å². The maximum atomic E-state index is 11.0. The van der Waals surface area contributed by atoms with Gasteiger partial charge in [-0.05, 0) is 18.2 Å². The van der Waals surface area contributed by atoms with Crippen LogP contribution in [0.1, 0.15) is 11.8 Å². The van der Waals surface area contributed by atoms with Crippen molar-refractivity contribution >= 4 is 17.6 Å². The minimum atomic E-state index is -1.03. The molecule has 0 aromatic heterocycles. The average Bonchev–Trinajstić information content (AvgIpc) is 2.33. The van der Waals surface area contributed by atoms with E-state index in [-0.39, 0.29) is 12.6 Å². The Morgan fingerprint density at radius 2 is 2.41 bits per heavy atom. The fourth-order valence-corrected chi connectivity index (χ4v) is 1.73. The second kappa shape index (κ2) is 4.91. The average molecular weight is 258 g/mol. The Bertz CT molecular complexity index is 437. The van der Waals surface area contributed by atoms with Crippen molar-refractivity contribution in [2.75, 3.05) is 13.7 Å². The van der Waals surface area contributed by atoms with E-state index >= 15 is 0 Å². The molecule has 17 heavy (non-hydrogen) atoms. The predicted molar refractivity (Wildman–Crippen MR) is 60.8 cm³/mol. The Hall–Kier alpha value is -1.30. The Kier molecular flexibility index (Phi) is 3.51. The van der Waals surface area contributed by atoms with Gasteiger partial charge in [0.1, 0.15) is 24.6 Å². The molecule has 1 saturated heterocycles. The molecule has 1 aliphatic rings. The second-order valence-corrected chi connectivity index (χ2v) is 4.07. The van der Waals surface area contributed by atoms with Gasteiger partial charge in [-0.1, -0.05) is 11.6 Å².